The van der Waals surface area contributed by atoms with Gasteiger partial charge in [-0.15, -0.1) is 0 Å². The number of aryl methyl sites for hydroxylation is 1. The molecule has 0 unspecified atom stereocenters. The third-order valence-corrected chi connectivity index (χ3v) is 2.21. The highest BCUT2D eigenvalue weighted by Gasteiger charge is 2.31. The van der Waals surface area contributed by atoms with Gasteiger partial charge in [-0.25, -0.2) is 4.98 Å². The third kappa shape index (κ3) is 2.08. The number of halogens is 3. The summed E-state index contributed by atoms with van der Waals surface area (Å²) in [6, 6.07) is 3.92. The molecule has 1 aromatic carbocycles. The summed E-state index contributed by atoms with van der Waals surface area (Å²) in [6.45, 7) is 1.63. The minimum atomic E-state index is -4.32. The maximum atomic E-state index is 12.6. The van der Waals surface area contributed by atoms with Crippen LogP contribution in [-0.2, 0) is 6.18 Å². The molecule has 0 aliphatic carbocycles. The van der Waals surface area contributed by atoms with Gasteiger partial charge in [-0.1, -0.05) is 0 Å². The van der Waals surface area contributed by atoms with Gasteiger partial charge in [0.05, 0.1) is 23.8 Å². The molecule has 0 saturated carbocycles. The Bertz CT molecular complexity index is 486. The Kier molecular flexibility index (Phi) is 2.46. The van der Waals surface area contributed by atoms with Crippen molar-refractivity contribution in [2.75, 3.05) is 0 Å². The van der Waals surface area contributed by atoms with Gasteiger partial charge >= 0.3 is 6.18 Å². The molecule has 0 saturated heterocycles. The number of imidazole rings is 1. The number of rotatable bonds is 1. The number of H-pyrrole nitrogens is 1. The molecule has 0 atom stereocenters. The van der Waals surface area contributed by atoms with Crippen LogP contribution in [0.1, 0.15) is 11.1 Å². The monoisotopic (exact) mass is 226 g/mol. The molecular formula is C11H9F3N2. The molecule has 0 radical (unpaired) electrons. The van der Waals surface area contributed by atoms with Crippen LogP contribution in [0.25, 0.3) is 11.3 Å². The van der Waals surface area contributed by atoms with Gasteiger partial charge in [-0.2, -0.15) is 13.2 Å². The fourth-order valence-corrected chi connectivity index (χ4v) is 1.52. The second-order valence-corrected chi connectivity index (χ2v) is 3.55. The van der Waals surface area contributed by atoms with Crippen LogP contribution in [0.2, 0.25) is 0 Å². The van der Waals surface area contributed by atoms with Crippen LogP contribution in [0.4, 0.5) is 13.2 Å². The van der Waals surface area contributed by atoms with E-state index in [1.807, 2.05) is 0 Å². The van der Waals surface area contributed by atoms with Crippen molar-refractivity contribution in [1.29, 1.82) is 0 Å². The molecule has 1 aromatic heterocycles. The molecule has 0 spiro atoms. The van der Waals surface area contributed by atoms with Gasteiger partial charge in [0.25, 0.3) is 0 Å². The van der Waals surface area contributed by atoms with Gasteiger partial charge in [0, 0.05) is 5.56 Å². The Balaban J connectivity index is 2.53. The van der Waals surface area contributed by atoms with Crippen molar-refractivity contribution in [3.05, 3.63) is 41.9 Å². The minimum absolute atomic E-state index is 0.491. The maximum Gasteiger partial charge on any atom is 0.416 e. The number of alkyl halides is 3. The first kappa shape index (κ1) is 10.7. The van der Waals surface area contributed by atoms with Crippen LogP contribution in [0.15, 0.2) is 30.7 Å². The van der Waals surface area contributed by atoms with E-state index in [4.69, 9.17) is 0 Å². The van der Waals surface area contributed by atoms with E-state index in [0.717, 1.165) is 12.1 Å². The molecule has 2 nitrogen and oxygen atoms in total. The van der Waals surface area contributed by atoms with Crippen LogP contribution < -0.4 is 0 Å². The zero-order valence-corrected chi connectivity index (χ0v) is 8.47. The third-order valence-electron chi connectivity index (χ3n) is 2.21. The van der Waals surface area contributed by atoms with Crippen molar-refractivity contribution in [2.24, 2.45) is 0 Å². The van der Waals surface area contributed by atoms with Gasteiger partial charge < -0.3 is 4.98 Å². The number of benzene rings is 1. The lowest BCUT2D eigenvalue weighted by atomic mass is 10.0. The van der Waals surface area contributed by atoms with Gasteiger partial charge in [0.2, 0.25) is 0 Å². The van der Waals surface area contributed by atoms with Crippen LogP contribution in [0.3, 0.4) is 0 Å². The predicted molar refractivity (Wildman–Crippen MR) is 53.8 cm³/mol. The van der Waals surface area contributed by atoms with Crippen LogP contribution in [0, 0.1) is 6.92 Å². The average Bonchev–Trinajstić information content (AvgIpc) is 2.68. The number of hydrogen-bond donors (Lipinski definition) is 1. The Morgan fingerprint density at radius 3 is 2.50 bits per heavy atom. The second-order valence-electron chi connectivity index (χ2n) is 3.55. The molecule has 84 valence electrons. The first-order valence-electron chi connectivity index (χ1n) is 4.64. The van der Waals surface area contributed by atoms with Gasteiger partial charge in [0.1, 0.15) is 0 Å². The standard InChI is InChI=1S/C11H9F3N2/c1-7-2-8(10-5-15-6-16-10)4-9(3-7)11(12,13)14/h2-6H,1H3,(H,15,16). The SMILES string of the molecule is Cc1cc(-c2cnc[nH]2)cc(C(F)(F)F)c1. The molecule has 0 aliphatic rings. The molecule has 5 heteroatoms. The van der Waals surface area contributed by atoms with Crippen LogP contribution >= 0.6 is 0 Å². The zero-order chi connectivity index (χ0) is 11.8. The van der Waals surface area contributed by atoms with Crippen molar-refractivity contribution in [2.45, 2.75) is 13.1 Å². The van der Waals surface area contributed by atoms with E-state index in [1.165, 1.54) is 12.5 Å². The molecule has 16 heavy (non-hydrogen) atoms. The summed E-state index contributed by atoms with van der Waals surface area (Å²) in [7, 11) is 0. The van der Waals surface area contributed by atoms with Crippen molar-refractivity contribution >= 4 is 0 Å². The number of nitrogens with one attached hydrogen (secondary N) is 1. The zero-order valence-electron chi connectivity index (χ0n) is 8.47. The number of nitrogens with zero attached hydrogens (tertiary/aromatic N) is 1. The van der Waals surface area contributed by atoms with E-state index in [-0.39, 0.29) is 0 Å². The Morgan fingerprint density at radius 1 is 1.19 bits per heavy atom. The molecule has 1 N–H and O–H groups in total. The molecule has 0 fully saturated rings. The largest absolute Gasteiger partial charge is 0.416 e. The number of hydrogen-bond acceptors (Lipinski definition) is 1. The van der Waals surface area contributed by atoms with E-state index >= 15 is 0 Å². The predicted octanol–water partition coefficient (Wildman–Crippen LogP) is 3.40. The normalized spacial score (nSPS) is 11.8. The highest BCUT2D eigenvalue weighted by molar-refractivity contribution is 5.60. The van der Waals surface area contributed by atoms with E-state index < -0.39 is 11.7 Å². The van der Waals surface area contributed by atoms with E-state index in [1.54, 1.807) is 13.0 Å². The Morgan fingerprint density at radius 2 is 1.94 bits per heavy atom. The maximum absolute atomic E-state index is 12.6. The summed E-state index contributed by atoms with van der Waals surface area (Å²) in [4.78, 5) is 6.56. The Hall–Kier alpha value is -1.78. The van der Waals surface area contributed by atoms with Gasteiger partial charge in [0.15, 0.2) is 0 Å². The molecule has 0 aliphatic heterocycles. The van der Waals surface area contributed by atoms with Crippen LogP contribution in [0.5, 0.6) is 0 Å². The van der Waals surface area contributed by atoms with E-state index in [2.05, 4.69) is 9.97 Å². The number of aromatic nitrogens is 2. The molecule has 0 bridgehead atoms. The molecule has 1 heterocycles. The Labute approximate surface area is 90.1 Å². The lowest BCUT2D eigenvalue weighted by molar-refractivity contribution is -0.137. The molecule has 0 amide bonds. The van der Waals surface area contributed by atoms with E-state index in [9.17, 15) is 13.2 Å². The summed E-state index contributed by atoms with van der Waals surface area (Å²) in [5.41, 5.74) is 0.996. The first-order valence-corrected chi connectivity index (χ1v) is 4.64. The smallest absolute Gasteiger partial charge is 0.345 e. The fraction of sp³-hybridized carbons (Fsp3) is 0.182. The van der Waals surface area contributed by atoms with Gasteiger partial charge in [-0.05, 0) is 30.7 Å². The van der Waals surface area contributed by atoms with Crippen molar-refractivity contribution in [3.8, 4) is 11.3 Å². The summed E-state index contributed by atoms with van der Waals surface area (Å²) >= 11 is 0. The highest BCUT2D eigenvalue weighted by Crippen LogP contribution is 2.32. The first-order chi connectivity index (χ1) is 7.47. The second kappa shape index (κ2) is 3.66. The molecular weight excluding hydrogens is 217 g/mol. The topological polar surface area (TPSA) is 28.7 Å². The lowest BCUT2D eigenvalue weighted by Crippen LogP contribution is -2.05. The highest BCUT2D eigenvalue weighted by atomic mass is 19.4. The minimum Gasteiger partial charge on any atom is -0.345 e. The number of aromatic amines is 1. The van der Waals surface area contributed by atoms with E-state index in [0.29, 0.717) is 16.8 Å². The van der Waals surface area contributed by atoms with Gasteiger partial charge in [-0.3, -0.25) is 0 Å². The molecule has 2 rings (SSSR count). The van der Waals surface area contributed by atoms with Crippen molar-refractivity contribution in [1.82, 2.24) is 9.97 Å². The van der Waals surface area contributed by atoms with Crippen LogP contribution in [-0.4, -0.2) is 9.97 Å². The summed E-state index contributed by atoms with van der Waals surface area (Å²) in [5, 5.41) is 0. The quantitative estimate of drug-likeness (QED) is 0.793. The van der Waals surface area contributed by atoms with Crippen molar-refractivity contribution in [3.63, 3.8) is 0 Å². The molecule has 2 aromatic rings. The summed E-state index contributed by atoms with van der Waals surface area (Å²) in [6.07, 6.45) is -1.39. The fourth-order valence-electron chi connectivity index (χ4n) is 1.52. The lowest BCUT2D eigenvalue weighted by Gasteiger charge is -2.09. The average molecular weight is 226 g/mol. The summed E-state index contributed by atoms with van der Waals surface area (Å²) < 4.78 is 37.7. The summed E-state index contributed by atoms with van der Waals surface area (Å²) in [5.74, 6) is 0. The van der Waals surface area contributed by atoms with Crippen molar-refractivity contribution < 1.29 is 13.2 Å².